The summed E-state index contributed by atoms with van der Waals surface area (Å²) in [4.78, 5) is 0.287. The van der Waals surface area contributed by atoms with Crippen molar-refractivity contribution in [2.45, 2.75) is 68.0 Å². The molecule has 3 aliphatic rings. The Balaban J connectivity index is 1.42. The van der Waals surface area contributed by atoms with E-state index in [1.54, 1.807) is 6.20 Å². The van der Waals surface area contributed by atoms with Crippen LogP contribution in [0.1, 0.15) is 51.0 Å². The van der Waals surface area contributed by atoms with Crippen LogP contribution in [0.4, 0.5) is 0 Å². The molecule has 1 aromatic rings. The summed E-state index contributed by atoms with van der Waals surface area (Å²) >= 11 is 0. The Labute approximate surface area is 125 Å². The van der Waals surface area contributed by atoms with E-state index in [1.807, 2.05) is 4.68 Å². The summed E-state index contributed by atoms with van der Waals surface area (Å²) in [6.07, 6.45) is 10.5. The minimum absolute atomic E-state index is 0.0402. The molecular weight excluding hydrogens is 288 g/mol. The zero-order valence-corrected chi connectivity index (χ0v) is 12.8. The summed E-state index contributed by atoms with van der Waals surface area (Å²) in [5, 5.41) is 4.25. The molecule has 7 heteroatoms. The van der Waals surface area contributed by atoms with Crippen LogP contribution in [-0.2, 0) is 10.0 Å². The van der Waals surface area contributed by atoms with Crippen LogP contribution in [0.25, 0.3) is 0 Å². The predicted molar refractivity (Wildman–Crippen MR) is 78.1 cm³/mol. The molecular formula is C14H22N4O2S. The van der Waals surface area contributed by atoms with Crippen LogP contribution >= 0.6 is 0 Å². The smallest absolute Gasteiger partial charge is 0.243 e. The molecule has 3 aliphatic carbocycles. The Morgan fingerprint density at radius 2 is 1.95 bits per heavy atom. The van der Waals surface area contributed by atoms with Crippen LogP contribution in [0.3, 0.4) is 0 Å². The van der Waals surface area contributed by atoms with E-state index in [9.17, 15) is 8.42 Å². The molecule has 116 valence electrons. The normalized spacial score (nSPS) is 36.0. The van der Waals surface area contributed by atoms with Crippen molar-refractivity contribution in [3.63, 3.8) is 0 Å². The molecule has 0 bridgehead atoms. The SMILES string of the molecule is NC1CC12CC(NS(=O)(=O)c1cnn(C3CCCC3)c1)C2. The van der Waals surface area contributed by atoms with Gasteiger partial charge in [0.2, 0.25) is 10.0 Å². The summed E-state index contributed by atoms with van der Waals surface area (Å²) in [7, 11) is -3.44. The topological polar surface area (TPSA) is 90.0 Å². The molecule has 0 radical (unpaired) electrons. The minimum atomic E-state index is -3.44. The highest BCUT2D eigenvalue weighted by Gasteiger charge is 2.60. The van der Waals surface area contributed by atoms with E-state index in [1.165, 1.54) is 19.0 Å². The molecule has 0 amide bonds. The number of sulfonamides is 1. The van der Waals surface area contributed by atoms with Crippen molar-refractivity contribution in [3.05, 3.63) is 12.4 Å². The Bertz CT molecular complexity index is 642. The van der Waals surface area contributed by atoms with Gasteiger partial charge in [0.25, 0.3) is 0 Å². The van der Waals surface area contributed by atoms with E-state index in [0.717, 1.165) is 32.1 Å². The maximum atomic E-state index is 12.4. The molecule has 1 spiro atoms. The van der Waals surface area contributed by atoms with Crippen molar-refractivity contribution >= 4 is 10.0 Å². The van der Waals surface area contributed by atoms with Crippen LogP contribution in [0.2, 0.25) is 0 Å². The van der Waals surface area contributed by atoms with Crippen molar-refractivity contribution in [1.29, 1.82) is 0 Å². The van der Waals surface area contributed by atoms with Gasteiger partial charge < -0.3 is 5.73 Å². The molecule has 3 saturated carbocycles. The number of nitrogens with zero attached hydrogens (tertiary/aromatic N) is 2. The number of nitrogens with one attached hydrogen (secondary N) is 1. The molecule has 1 heterocycles. The first-order valence-corrected chi connectivity index (χ1v) is 9.29. The lowest BCUT2D eigenvalue weighted by atomic mass is 9.77. The highest BCUT2D eigenvalue weighted by Crippen LogP contribution is 2.59. The fourth-order valence-corrected chi connectivity index (χ4v) is 5.14. The molecule has 0 saturated heterocycles. The number of nitrogens with two attached hydrogens (primary N) is 1. The van der Waals surface area contributed by atoms with Crippen molar-refractivity contribution in [2.24, 2.45) is 11.1 Å². The van der Waals surface area contributed by atoms with Crippen LogP contribution < -0.4 is 10.5 Å². The number of rotatable bonds is 4. The molecule has 3 N–H and O–H groups in total. The van der Waals surface area contributed by atoms with E-state index in [2.05, 4.69) is 9.82 Å². The van der Waals surface area contributed by atoms with E-state index < -0.39 is 10.0 Å². The highest BCUT2D eigenvalue weighted by molar-refractivity contribution is 7.89. The quantitative estimate of drug-likeness (QED) is 0.873. The third-order valence-corrected chi connectivity index (χ3v) is 6.94. The molecule has 0 aliphatic heterocycles. The molecule has 3 fully saturated rings. The molecule has 1 aromatic heterocycles. The van der Waals surface area contributed by atoms with Gasteiger partial charge in [0.05, 0.1) is 12.2 Å². The third-order valence-electron chi connectivity index (χ3n) is 5.47. The van der Waals surface area contributed by atoms with Crippen LogP contribution in [-0.4, -0.2) is 30.3 Å². The van der Waals surface area contributed by atoms with Gasteiger partial charge in [0.1, 0.15) is 4.90 Å². The Morgan fingerprint density at radius 3 is 2.57 bits per heavy atom. The second-order valence-electron chi connectivity index (χ2n) is 6.99. The fourth-order valence-electron chi connectivity index (χ4n) is 3.97. The third kappa shape index (κ3) is 2.31. The molecule has 1 atom stereocenters. The van der Waals surface area contributed by atoms with E-state index >= 15 is 0 Å². The van der Waals surface area contributed by atoms with Gasteiger partial charge in [-0.1, -0.05) is 12.8 Å². The van der Waals surface area contributed by atoms with E-state index in [4.69, 9.17) is 5.73 Å². The Hall–Kier alpha value is -0.920. The largest absolute Gasteiger partial charge is 0.327 e. The van der Waals surface area contributed by atoms with Crippen molar-refractivity contribution < 1.29 is 8.42 Å². The zero-order valence-electron chi connectivity index (χ0n) is 12.0. The number of aromatic nitrogens is 2. The first kappa shape index (κ1) is 13.7. The van der Waals surface area contributed by atoms with E-state index in [-0.39, 0.29) is 22.4 Å². The summed E-state index contributed by atoms with van der Waals surface area (Å²) in [5.41, 5.74) is 6.13. The molecule has 4 rings (SSSR count). The number of hydrogen-bond donors (Lipinski definition) is 2. The lowest BCUT2D eigenvalue weighted by Crippen LogP contribution is -2.47. The van der Waals surface area contributed by atoms with Gasteiger partial charge in [0, 0.05) is 18.3 Å². The summed E-state index contributed by atoms with van der Waals surface area (Å²) in [5.74, 6) is 0. The number of hydrogen-bond acceptors (Lipinski definition) is 4. The highest BCUT2D eigenvalue weighted by atomic mass is 32.2. The van der Waals surface area contributed by atoms with Crippen LogP contribution in [0, 0.1) is 5.41 Å². The molecule has 6 nitrogen and oxygen atoms in total. The van der Waals surface area contributed by atoms with Gasteiger partial charge in [-0.3, -0.25) is 4.68 Å². The second kappa shape index (κ2) is 4.54. The summed E-state index contributed by atoms with van der Waals surface area (Å²) in [6, 6.07) is 0.687. The van der Waals surface area contributed by atoms with Crippen LogP contribution in [0.5, 0.6) is 0 Å². The summed E-state index contributed by atoms with van der Waals surface area (Å²) in [6.45, 7) is 0. The van der Waals surface area contributed by atoms with Gasteiger partial charge in [0.15, 0.2) is 0 Å². The average molecular weight is 310 g/mol. The Morgan fingerprint density at radius 1 is 1.29 bits per heavy atom. The van der Waals surface area contributed by atoms with Gasteiger partial charge >= 0.3 is 0 Å². The van der Waals surface area contributed by atoms with Gasteiger partial charge in [-0.15, -0.1) is 0 Å². The maximum absolute atomic E-state index is 12.4. The summed E-state index contributed by atoms with van der Waals surface area (Å²) < 4.78 is 29.4. The maximum Gasteiger partial charge on any atom is 0.243 e. The Kier molecular flexibility index (Phi) is 2.96. The lowest BCUT2D eigenvalue weighted by Gasteiger charge is -2.36. The average Bonchev–Trinajstić information content (AvgIpc) is 2.89. The molecule has 1 unspecified atom stereocenters. The lowest BCUT2D eigenvalue weighted by molar-refractivity contribution is 0.215. The zero-order chi connectivity index (χ0) is 14.7. The standard InChI is InChI=1S/C14H22N4O2S/c15-13-7-14(13)5-10(6-14)17-21(19,20)12-8-16-18(9-12)11-3-1-2-4-11/h8-11,13,17H,1-7,15H2. The van der Waals surface area contributed by atoms with Crippen LogP contribution in [0.15, 0.2) is 17.3 Å². The monoisotopic (exact) mass is 310 g/mol. The van der Waals surface area contributed by atoms with Gasteiger partial charge in [-0.2, -0.15) is 5.10 Å². The van der Waals surface area contributed by atoms with Gasteiger partial charge in [-0.25, -0.2) is 13.1 Å². The van der Waals surface area contributed by atoms with Crippen molar-refractivity contribution in [3.8, 4) is 0 Å². The first-order valence-electron chi connectivity index (χ1n) is 7.81. The predicted octanol–water partition coefficient (Wildman–Crippen LogP) is 1.16. The fraction of sp³-hybridized carbons (Fsp3) is 0.786. The second-order valence-corrected chi connectivity index (χ2v) is 8.71. The minimum Gasteiger partial charge on any atom is -0.327 e. The van der Waals surface area contributed by atoms with Crippen molar-refractivity contribution in [1.82, 2.24) is 14.5 Å². The molecule has 21 heavy (non-hydrogen) atoms. The van der Waals surface area contributed by atoms with E-state index in [0.29, 0.717) is 6.04 Å². The van der Waals surface area contributed by atoms with Gasteiger partial charge in [-0.05, 0) is 37.5 Å². The van der Waals surface area contributed by atoms with Crippen molar-refractivity contribution in [2.75, 3.05) is 0 Å². The molecule has 0 aromatic carbocycles. The first-order chi connectivity index (χ1) is 9.98.